The molecular formula is C12H25NO2. The van der Waals surface area contributed by atoms with Crippen LogP contribution >= 0.6 is 0 Å². The molecule has 0 bridgehead atoms. The maximum absolute atomic E-state index is 5.54. The Balaban J connectivity index is 2.35. The fourth-order valence-corrected chi connectivity index (χ4v) is 2.06. The topological polar surface area (TPSA) is 30.5 Å². The van der Waals surface area contributed by atoms with Gasteiger partial charge in [0.25, 0.3) is 0 Å². The van der Waals surface area contributed by atoms with Crippen molar-refractivity contribution in [1.29, 1.82) is 0 Å². The molecule has 1 saturated heterocycles. The molecule has 1 rings (SSSR count). The normalized spacial score (nSPS) is 29.4. The zero-order chi connectivity index (χ0) is 11.3. The molecule has 0 amide bonds. The van der Waals surface area contributed by atoms with Gasteiger partial charge in [-0.3, -0.25) is 0 Å². The molecule has 0 spiro atoms. The fourth-order valence-electron chi connectivity index (χ4n) is 2.06. The quantitative estimate of drug-likeness (QED) is 0.759. The van der Waals surface area contributed by atoms with Crippen LogP contribution in [-0.4, -0.2) is 38.5 Å². The van der Waals surface area contributed by atoms with E-state index in [0.29, 0.717) is 24.1 Å². The molecule has 0 aromatic carbocycles. The summed E-state index contributed by atoms with van der Waals surface area (Å²) in [4.78, 5) is 0. The van der Waals surface area contributed by atoms with Crippen LogP contribution in [0, 0.1) is 5.92 Å². The molecule has 0 aromatic rings. The van der Waals surface area contributed by atoms with E-state index >= 15 is 0 Å². The lowest BCUT2D eigenvalue weighted by atomic mass is 9.99. The summed E-state index contributed by atoms with van der Waals surface area (Å²) in [5.74, 6) is 0.614. The van der Waals surface area contributed by atoms with E-state index in [-0.39, 0.29) is 0 Å². The van der Waals surface area contributed by atoms with Gasteiger partial charge in [-0.15, -0.1) is 0 Å². The van der Waals surface area contributed by atoms with Crippen molar-refractivity contribution in [2.24, 2.45) is 5.92 Å². The Morgan fingerprint density at radius 1 is 1.47 bits per heavy atom. The lowest BCUT2D eigenvalue weighted by Gasteiger charge is -2.33. The number of ether oxygens (including phenoxy) is 2. The highest BCUT2D eigenvalue weighted by atomic mass is 16.5. The van der Waals surface area contributed by atoms with Crippen LogP contribution in [0.3, 0.4) is 0 Å². The third-order valence-electron chi connectivity index (χ3n) is 3.09. The minimum absolute atomic E-state index is 0.395. The van der Waals surface area contributed by atoms with E-state index in [1.807, 2.05) is 0 Å². The van der Waals surface area contributed by atoms with Crippen molar-refractivity contribution in [1.82, 2.24) is 5.32 Å². The second kappa shape index (κ2) is 6.46. The van der Waals surface area contributed by atoms with E-state index in [0.717, 1.165) is 26.1 Å². The van der Waals surface area contributed by atoms with Crippen LogP contribution in [0.2, 0.25) is 0 Å². The summed E-state index contributed by atoms with van der Waals surface area (Å²) in [6, 6.07) is 1.06. The largest absolute Gasteiger partial charge is 0.383 e. The standard InChI is InChI=1S/C12H25NO2/c1-9(2)12(8-14-4)13-11-5-6-15-10(3)7-11/h9-13H,5-8H2,1-4H3. The molecule has 0 saturated carbocycles. The van der Waals surface area contributed by atoms with Gasteiger partial charge in [0.2, 0.25) is 0 Å². The lowest BCUT2D eigenvalue weighted by Crippen LogP contribution is -2.47. The molecular weight excluding hydrogens is 190 g/mol. The van der Waals surface area contributed by atoms with Crippen molar-refractivity contribution in [3.05, 3.63) is 0 Å². The zero-order valence-electron chi connectivity index (χ0n) is 10.5. The van der Waals surface area contributed by atoms with Gasteiger partial charge in [0.1, 0.15) is 0 Å². The zero-order valence-corrected chi connectivity index (χ0v) is 10.5. The average molecular weight is 215 g/mol. The molecule has 0 aromatic heterocycles. The first-order valence-corrected chi connectivity index (χ1v) is 6.00. The van der Waals surface area contributed by atoms with Crippen LogP contribution < -0.4 is 5.32 Å². The summed E-state index contributed by atoms with van der Waals surface area (Å²) < 4.78 is 10.8. The minimum Gasteiger partial charge on any atom is -0.383 e. The molecule has 3 unspecified atom stereocenters. The maximum Gasteiger partial charge on any atom is 0.0618 e. The second-order valence-electron chi connectivity index (χ2n) is 4.88. The van der Waals surface area contributed by atoms with Gasteiger partial charge in [-0.25, -0.2) is 0 Å². The number of hydrogen-bond donors (Lipinski definition) is 1. The Morgan fingerprint density at radius 2 is 2.20 bits per heavy atom. The summed E-state index contributed by atoms with van der Waals surface area (Å²) in [6.07, 6.45) is 2.64. The lowest BCUT2D eigenvalue weighted by molar-refractivity contribution is 0.00696. The highest BCUT2D eigenvalue weighted by Crippen LogP contribution is 2.15. The van der Waals surface area contributed by atoms with Crippen LogP contribution in [0.1, 0.15) is 33.6 Å². The van der Waals surface area contributed by atoms with E-state index in [1.54, 1.807) is 7.11 Å². The SMILES string of the molecule is COCC(NC1CCOC(C)C1)C(C)C. The third-order valence-corrected chi connectivity index (χ3v) is 3.09. The monoisotopic (exact) mass is 215 g/mol. The predicted molar refractivity (Wildman–Crippen MR) is 62.1 cm³/mol. The van der Waals surface area contributed by atoms with Gasteiger partial charge in [0.15, 0.2) is 0 Å². The predicted octanol–water partition coefficient (Wildman–Crippen LogP) is 1.81. The van der Waals surface area contributed by atoms with Crippen molar-refractivity contribution in [3.63, 3.8) is 0 Å². The van der Waals surface area contributed by atoms with E-state index in [9.17, 15) is 0 Å². The molecule has 3 atom stereocenters. The summed E-state index contributed by atoms with van der Waals surface area (Å²) in [6.45, 7) is 8.30. The van der Waals surface area contributed by atoms with E-state index in [2.05, 4.69) is 26.1 Å². The first-order valence-electron chi connectivity index (χ1n) is 6.00. The number of hydrogen-bond acceptors (Lipinski definition) is 3. The van der Waals surface area contributed by atoms with Crippen LogP contribution in [0.15, 0.2) is 0 Å². The average Bonchev–Trinajstić information content (AvgIpc) is 2.17. The molecule has 1 aliphatic heterocycles. The van der Waals surface area contributed by atoms with Gasteiger partial charge < -0.3 is 14.8 Å². The number of methoxy groups -OCH3 is 1. The molecule has 3 heteroatoms. The molecule has 0 radical (unpaired) electrons. The van der Waals surface area contributed by atoms with E-state index in [4.69, 9.17) is 9.47 Å². The highest BCUT2D eigenvalue weighted by Gasteiger charge is 2.23. The van der Waals surface area contributed by atoms with Crippen LogP contribution in [0.4, 0.5) is 0 Å². The highest BCUT2D eigenvalue weighted by molar-refractivity contribution is 4.80. The molecule has 1 N–H and O–H groups in total. The van der Waals surface area contributed by atoms with Crippen molar-refractivity contribution < 1.29 is 9.47 Å². The Bertz CT molecular complexity index is 173. The second-order valence-corrected chi connectivity index (χ2v) is 4.88. The van der Waals surface area contributed by atoms with Crippen LogP contribution in [0.25, 0.3) is 0 Å². The Morgan fingerprint density at radius 3 is 2.73 bits per heavy atom. The fraction of sp³-hybridized carbons (Fsp3) is 1.00. The van der Waals surface area contributed by atoms with Gasteiger partial charge in [0.05, 0.1) is 12.7 Å². The van der Waals surface area contributed by atoms with Gasteiger partial charge in [-0.1, -0.05) is 13.8 Å². The van der Waals surface area contributed by atoms with Crippen LogP contribution in [0.5, 0.6) is 0 Å². The molecule has 3 nitrogen and oxygen atoms in total. The van der Waals surface area contributed by atoms with Gasteiger partial charge >= 0.3 is 0 Å². The van der Waals surface area contributed by atoms with Crippen molar-refractivity contribution in [2.45, 2.75) is 51.8 Å². The number of rotatable bonds is 5. The van der Waals surface area contributed by atoms with Gasteiger partial charge in [0, 0.05) is 25.8 Å². The molecule has 0 aliphatic carbocycles. The molecule has 90 valence electrons. The van der Waals surface area contributed by atoms with Gasteiger partial charge in [-0.05, 0) is 25.7 Å². The summed E-state index contributed by atoms with van der Waals surface area (Å²) in [5.41, 5.74) is 0. The van der Waals surface area contributed by atoms with Crippen molar-refractivity contribution in [3.8, 4) is 0 Å². The first kappa shape index (κ1) is 12.9. The van der Waals surface area contributed by atoms with Gasteiger partial charge in [-0.2, -0.15) is 0 Å². The Hall–Kier alpha value is -0.120. The first-order chi connectivity index (χ1) is 7.13. The minimum atomic E-state index is 0.395. The van der Waals surface area contributed by atoms with Crippen LogP contribution in [-0.2, 0) is 9.47 Å². The molecule has 1 aliphatic rings. The number of nitrogens with one attached hydrogen (secondary N) is 1. The summed E-state index contributed by atoms with van der Waals surface area (Å²) >= 11 is 0. The van der Waals surface area contributed by atoms with Crippen molar-refractivity contribution in [2.75, 3.05) is 20.3 Å². The maximum atomic E-state index is 5.54. The smallest absolute Gasteiger partial charge is 0.0618 e. The summed E-state index contributed by atoms with van der Waals surface area (Å²) in [7, 11) is 1.77. The van der Waals surface area contributed by atoms with E-state index in [1.165, 1.54) is 0 Å². The Labute approximate surface area is 93.5 Å². The van der Waals surface area contributed by atoms with Crippen molar-refractivity contribution >= 4 is 0 Å². The third kappa shape index (κ3) is 4.49. The Kier molecular flexibility index (Phi) is 5.58. The summed E-state index contributed by atoms with van der Waals surface area (Å²) in [5, 5.41) is 3.68. The molecule has 1 fully saturated rings. The van der Waals surface area contributed by atoms with E-state index < -0.39 is 0 Å². The molecule has 1 heterocycles. The molecule has 15 heavy (non-hydrogen) atoms.